The fraction of sp³-hybridized carbons (Fsp3) is 0.471. The van der Waals surface area contributed by atoms with Crippen LogP contribution in [0.2, 0.25) is 0 Å². The van der Waals surface area contributed by atoms with Crippen LogP contribution in [0.4, 0.5) is 0 Å². The maximum absolute atomic E-state index is 11.2. The van der Waals surface area contributed by atoms with E-state index in [0.717, 1.165) is 29.4 Å². The van der Waals surface area contributed by atoms with Crippen molar-refractivity contribution >= 4 is 17.2 Å². The summed E-state index contributed by atoms with van der Waals surface area (Å²) in [7, 11) is 0. The summed E-state index contributed by atoms with van der Waals surface area (Å²) in [6.45, 7) is 4.34. The smallest absolute Gasteiger partial charge is 0.152 e. The third-order valence-corrected chi connectivity index (χ3v) is 4.50. The van der Waals surface area contributed by atoms with Crippen LogP contribution in [0.5, 0.6) is 0 Å². The Morgan fingerprint density at radius 3 is 2.95 bits per heavy atom. The molecule has 3 rings (SSSR count). The number of fused-ring (bicyclic) bond motifs is 1. The molecule has 1 unspecified atom stereocenters. The molecule has 2 heterocycles. The number of carbonyl (C=O) groups excluding carboxylic acids is 1. The molecule has 1 saturated heterocycles. The number of piperidine rings is 1. The summed E-state index contributed by atoms with van der Waals surface area (Å²) in [6.07, 6.45) is 8.11. The minimum Gasteiger partial charge on any atom is -0.333 e. The zero-order chi connectivity index (χ0) is 13.9. The highest BCUT2D eigenvalue weighted by Crippen LogP contribution is 2.24. The molecule has 1 aromatic carbocycles. The summed E-state index contributed by atoms with van der Waals surface area (Å²) in [5, 5.41) is 1.06. The molecule has 0 radical (unpaired) electrons. The second-order valence-electron chi connectivity index (χ2n) is 5.70. The number of rotatable bonds is 4. The van der Waals surface area contributed by atoms with E-state index < -0.39 is 0 Å². The van der Waals surface area contributed by atoms with E-state index >= 15 is 0 Å². The van der Waals surface area contributed by atoms with Crippen LogP contribution in [0.15, 0.2) is 30.5 Å². The van der Waals surface area contributed by atoms with Gasteiger partial charge in [0.05, 0.1) is 6.67 Å². The highest BCUT2D eigenvalue weighted by atomic mass is 16.1. The average molecular weight is 270 g/mol. The van der Waals surface area contributed by atoms with Crippen molar-refractivity contribution in [2.75, 3.05) is 6.54 Å². The molecule has 0 N–H and O–H groups in total. The lowest BCUT2D eigenvalue weighted by atomic mass is 10.0. The van der Waals surface area contributed by atoms with E-state index in [0.29, 0.717) is 6.04 Å². The van der Waals surface area contributed by atoms with Crippen LogP contribution in [0, 0.1) is 0 Å². The first kappa shape index (κ1) is 13.4. The molecule has 2 aromatic rings. The van der Waals surface area contributed by atoms with Crippen molar-refractivity contribution in [3.63, 3.8) is 0 Å². The Morgan fingerprint density at radius 1 is 1.30 bits per heavy atom. The van der Waals surface area contributed by atoms with Gasteiger partial charge in [-0.3, -0.25) is 9.69 Å². The molecule has 106 valence electrons. The number of likely N-dealkylation sites (tertiary alicyclic amines) is 1. The molecule has 3 heteroatoms. The molecule has 0 amide bonds. The first-order valence-corrected chi connectivity index (χ1v) is 7.60. The van der Waals surface area contributed by atoms with Crippen LogP contribution in [-0.4, -0.2) is 28.3 Å². The van der Waals surface area contributed by atoms with Gasteiger partial charge in [0.1, 0.15) is 0 Å². The number of hydrogen-bond donors (Lipinski definition) is 0. The zero-order valence-corrected chi connectivity index (χ0v) is 12.1. The zero-order valence-electron chi connectivity index (χ0n) is 12.1. The van der Waals surface area contributed by atoms with Crippen LogP contribution in [0.3, 0.4) is 0 Å². The monoisotopic (exact) mass is 270 g/mol. The Bertz CT molecular complexity index is 602. The Kier molecular flexibility index (Phi) is 3.88. The van der Waals surface area contributed by atoms with Gasteiger partial charge >= 0.3 is 0 Å². The standard InChI is InChI=1S/C17H22N2O/c1-2-15-7-5-6-10-18(15)13-19-11-14(12-20)16-8-3-4-9-17(16)19/h3-4,8-9,11-12,15H,2,5-7,10,13H2,1H3. The molecule has 0 saturated carbocycles. The van der Waals surface area contributed by atoms with Gasteiger partial charge in [0.15, 0.2) is 6.29 Å². The van der Waals surface area contributed by atoms with Crippen molar-refractivity contribution in [3.05, 3.63) is 36.0 Å². The van der Waals surface area contributed by atoms with Crippen LogP contribution >= 0.6 is 0 Å². The number of benzene rings is 1. The second kappa shape index (κ2) is 5.80. The van der Waals surface area contributed by atoms with Crippen LogP contribution in [0.1, 0.15) is 43.0 Å². The highest BCUT2D eigenvalue weighted by molar-refractivity contribution is 5.97. The summed E-state index contributed by atoms with van der Waals surface area (Å²) in [5.41, 5.74) is 1.96. The lowest BCUT2D eigenvalue weighted by Gasteiger charge is -2.35. The number of aldehydes is 1. The number of carbonyl (C=O) groups is 1. The molecule has 1 aliphatic heterocycles. The van der Waals surface area contributed by atoms with Crippen molar-refractivity contribution in [3.8, 4) is 0 Å². The number of aromatic nitrogens is 1. The van der Waals surface area contributed by atoms with Gasteiger partial charge in [-0.05, 0) is 25.3 Å². The summed E-state index contributed by atoms with van der Waals surface area (Å²) in [4.78, 5) is 13.8. The van der Waals surface area contributed by atoms with Crippen LogP contribution in [0.25, 0.3) is 10.9 Å². The van der Waals surface area contributed by atoms with Crippen LogP contribution < -0.4 is 0 Å². The average Bonchev–Trinajstić information content (AvgIpc) is 2.86. The van der Waals surface area contributed by atoms with Crippen LogP contribution in [-0.2, 0) is 6.67 Å². The van der Waals surface area contributed by atoms with Crippen molar-refractivity contribution in [2.45, 2.75) is 45.3 Å². The van der Waals surface area contributed by atoms with Crippen molar-refractivity contribution < 1.29 is 4.79 Å². The molecule has 1 aromatic heterocycles. The Hall–Kier alpha value is -1.61. The molecule has 0 aliphatic carbocycles. The van der Waals surface area contributed by atoms with Gasteiger partial charge in [-0.25, -0.2) is 0 Å². The van der Waals surface area contributed by atoms with E-state index in [2.05, 4.69) is 22.5 Å². The quantitative estimate of drug-likeness (QED) is 0.792. The minimum atomic E-state index is 0.685. The molecular weight excluding hydrogens is 248 g/mol. The molecule has 0 bridgehead atoms. The molecule has 1 aliphatic rings. The predicted octanol–water partition coefficient (Wildman–Crippen LogP) is 3.68. The van der Waals surface area contributed by atoms with E-state index in [1.165, 1.54) is 32.2 Å². The van der Waals surface area contributed by atoms with Gasteiger partial charge in [0.2, 0.25) is 0 Å². The van der Waals surface area contributed by atoms with E-state index in [1.807, 2.05) is 24.4 Å². The van der Waals surface area contributed by atoms with Gasteiger partial charge < -0.3 is 4.57 Å². The maximum Gasteiger partial charge on any atom is 0.152 e. The van der Waals surface area contributed by atoms with E-state index in [4.69, 9.17) is 0 Å². The minimum absolute atomic E-state index is 0.685. The van der Waals surface area contributed by atoms with Gasteiger partial charge in [-0.15, -0.1) is 0 Å². The molecule has 0 spiro atoms. The summed E-state index contributed by atoms with van der Waals surface area (Å²) < 4.78 is 2.23. The lowest BCUT2D eigenvalue weighted by molar-refractivity contribution is 0.108. The third kappa shape index (κ3) is 2.38. The molecule has 1 fully saturated rings. The fourth-order valence-electron chi connectivity index (χ4n) is 3.39. The van der Waals surface area contributed by atoms with Gasteiger partial charge in [0, 0.05) is 35.2 Å². The summed E-state index contributed by atoms with van der Waals surface area (Å²) >= 11 is 0. The first-order chi connectivity index (χ1) is 9.83. The Morgan fingerprint density at radius 2 is 2.15 bits per heavy atom. The second-order valence-corrected chi connectivity index (χ2v) is 5.70. The van der Waals surface area contributed by atoms with E-state index in [1.54, 1.807) is 0 Å². The van der Waals surface area contributed by atoms with E-state index in [-0.39, 0.29) is 0 Å². The number of hydrogen-bond acceptors (Lipinski definition) is 2. The number of nitrogens with zero attached hydrogens (tertiary/aromatic N) is 2. The largest absolute Gasteiger partial charge is 0.333 e. The first-order valence-electron chi connectivity index (χ1n) is 7.60. The number of para-hydroxylation sites is 1. The third-order valence-electron chi connectivity index (χ3n) is 4.50. The highest BCUT2D eigenvalue weighted by Gasteiger charge is 2.21. The topological polar surface area (TPSA) is 25.2 Å². The van der Waals surface area contributed by atoms with E-state index in [9.17, 15) is 4.79 Å². The normalized spacial score (nSPS) is 20.4. The molecule has 1 atom stereocenters. The van der Waals surface area contributed by atoms with Gasteiger partial charge in [0.25, 0.3) is 0 Å². The fourth-order valence-corrected chi connectivity index (χ4v) is 3.39. The van der Waals surface area contributed by atoms with Crippen molar-refractivity contribution in [2.24, 2.45) is 0 Å². The van der Waals surface area contributed by atoms with Crippen molar-refractivity contribution in [1.29, 1.82) is 0 Å². The molecular formula is C17H22N2O. The van der Waals surface area contributed by atoms with Crippen molar-refractivity contribution in [1.82, 2.24) is 9.47 Å². The Balaban J connectivity index is 1.92. The molecule has 3 nitrogen and oxygen atoms in total. The summed E-state index contributed by atoms with van der Waals surface area (Å²) in [6, 6.07) is 8.86. The van der Waals surface area contributed by atoms with Gasteiger partial charge in [-0.2, -0.15) is 0 Å². The predicted molar refractivity (Wildman–Crippen MR) is 82.0 cm³/mol. The lowest BCUT2D eigenvalue weighted by Crippen LogP contribution is -2.39. The molecule has 20 heavy (non-hydrogen) atoms. The summed E-state index contributed by atoms with van der Waals surface area (Å²) in [5.74, 6) is 0. The SMILES string of the molecule is CCC1CCCCN1Cn1cc(C=O)c2ccccc21. The maximum atomic E-state index is 11.2. The van der Waals surface area contributed by atoms with Gasteiger partial charge in [-0.1, -0.05) is 31.5 Å². The Labute approximate surface area is 120 Å².